The van der Waals surface area contributed by atoms with Crippen molar-refractivity contribution in [3.05, 3.63) is 120 Å². The number of nitrogens with zero attached hydrogens (tertiary/aromatic N) is 5. The van der Waals surface area contributed by atoms with Crippen LogP contribution in [-0.2, 0) is 34.6 Å². The number of aryl methyl sites for hydroxylation is 1. The van der Waals surface area contributed by atoms with Crippen LogP contribution >= 0.6 is 0 Å². The molecule has 4 aromatic carbocycles. The number of hydrogen-bond donors (Lipinski definition) is 2. The number of aliphatic hydroxyl groups is 1. The number of aliphatic hydroxyl groups excluding tert-OH is 1. The maximum Gasteiger partial charge on any atom is 0.266 e. The lowest BCUT2D eigenvalue weighted by Gasteiger charge is -2.32. The van der Waals surface area contributed by atoms with Crippen LogP contribution < -0.4 is 19.3 Å². The summed E-state index contributed by atoms with van der Waals surface area (Å²) in [6.45, 7) is 6.54. The van der Waals surface area contributed by atoms with E-state index in [1.165, 1.54) is 0 Å². The second-order valence-corrected chi connectivity index (χ2v) is 18.7. The van der Waals surface area contributed by atoms with E-state index in [-0.39, 0.29) is 36.4 Å². The summed E-state index contributed by atoms with van der Waals surface area (Å²) < 4.78 is 20.5. The molecule has 278 valence electrons. The quantitative estimate of drug-likeness (QED) is 0.157. The fraction of sp³-hybridized carbons (Fsp3) is 0.317. The van der Waals surface area contributed by atoms with Gasteiger partial charge in [-0.25, -0.2) is 0 Å². The van der Waals surface area contributed by atoms with E-state index in [9.17, 15) is 19.5 Å². The lowest BCUT2D eigenvalue weighted by atomic mass is 9.82. The average Bonchev–Trinajstić information content (AvgIpc) is 3.78. The van der Waals surface area contributed by atoms with Gasteiger partial charge in [0.1, 0.15) is 11.5 Å². The van der Waals surface area contributed by atoms with Crippen molar-refractivity contribution in [3.63, 3.8) is 0 Å². The Morgan fingerprint density at radius 1 is 0.944 bits per heavy atom. The van der Waals surface area contributed by atoms with Crippen molar-refractivity contribution >= 4 is 37.2 Å². The molecule has 2 N–H and O–H groups in total. The Hall–Kier alpha value is -5.34. The molecule has 3 aliphatic heterocycles. The first kappa shape index (κ1) is 35.7. The highest BCUT2D eigenvalue weighted by molar-refractivity contribution is 6.71. The molecule has 1 spiro atoms. The minimum absolute atomic E-state index is 0.0143. The van der Waals surface area contributed by atoms with E-state index in [4.69, 9.17) is 14.2 Å². The summed E-state index contributed by atoms with van der Waals surface area (Å²) in [4.78, 5) is 44.1. The predicted molar refractivity (Wildman–Crippen MR) is 205 cm³/mol. The van der Waals surface area contributed by atoms with Crippen molar-refractivity contribution in [1.29, 1.82) is 0 Å². The van der Waals surface area contributed by atoms with E-state index in [1.54, 1.807) is 33.7 Å². The van der Waals surface area contributed by atoms with Crippen LogP contribution in [0.15, 0.2) is 97.2 Å². The van der Waals surface area contributed by atoms with Gasteiger partial charge in [-0.1, -0.05) is 48.5 Å². The van der Waals surface area contributed by atoms with Crippen LogP contribution in [0.4, 0.5) is 17.1 Å². The lowest BCUT2D eigenvalue weighted by Crippen LogP contribution is -2.46. The van der Waals surface area contributed by atoms with E-state index < -0.39 is 20.0 Å². The topological polar surface area (TPSA) is 139 Å². The van der Waals surface area contributed by atoms with Crippen molar-refractivity contribution in [2.75, 3.05) is 23.5 Å². The summed E-state index contributed by atoms with van der Waals surface area (Å²) in [6.07, 6.45) is 2.31. The number of carbonyl (C=O) groups excluding carboxylic acids is 2. The van der Waals surface area contributed by atoms with Crippen LogP contribution in [0.1, 0.15) is 40.5 Å². The Labute approximate surface area is 314 Å². The van der Waals surface area contributed by atoms with Gasteiger partial charge >= 0.3 is 0 Å². The summed E-state index contributed by atoms with van der Waals surface area (Å²) >= 11 is 0. The molecule has 5 aromatic rings. The van der Waals surface area contributed by atoms with Crippen LogP contribution in [0, 0.1) is 5.92 Å². The molecule has 0 saturated carbocycles. The van der Waals surface area contributed by atoms with E-state index in [0.29, 0.717) is 59.3 Å². The molecule has 54 heavy (non-hydrogen) atoms. The number of para-hydroxylation sites is 3. The van der Waals surface area contributed by atoms with Crippen molar-refractivity contribution in [3.8, 4) is 17.2 Å². The zero-order valence-corrected chi connectivity index (χ0v) is 31.7. The zero-order valence-electron chi connectivity index (χ0n) is 30.7. The van der Waals surface area contributed by atoms with Crippen molar-refractivity contribution in [2.45, 2.75) is 63.2 Å². The highest BCUT2D eigenvalue weighted by Crippen LogP contribution is 2.60. The molecule has 0 radical (unpaired) electrons. The number of benzene rings is 4. The standard InChI is InChI=1S/C41H43N5O7Si/c1-26-38(54(3,4)50)37(19-21-44-25-28(20-22-47)42-43-44)53-41(26)32-23-30(51-2)17-18-33(32)45(40(41)49)24-27-13-15-29(16-14-27)46-34-10-6-8-12-36(34)52-35-11-7-5-9-31(35)39(46)48/h5-18,23,25-26,37-38,47,50H,19-22,24H2,1-4H3/t26-,37+,38-,41+/m0/s1. The molecule has 0 unspecified atom stereocenters. The first-order valence-corrected chi connectivity index (χ1v) is 21.3. The number of anilines is 3. The second-order valence-electron chi connectivity index (χ2n) is 14.7. The summed E-state index contributed by atoms with van der Waals surface area (Å²) in [5.74, 6) is 0.935. The Morgan fingerprint density at radius 3 is 2.43 bits per heavy atom. The minimum Gasteiger partial charge on any atom is -0.497 e. The normalized spacial score (nSPS) is 21.9. The lowest BCUT2D eigenvalue weighted by molar-refractivity contribution is -0.146. The third-order valence-electron chi connectivity index (χ3n) is 11.0. The van der Waals surface area contributed by atoms with Gasteiger partial charge in [0.2, 0.25) is 0 Å². The summed E-state index contributed by atoms with van der Waals surface area (Å²) in [5.41, 5.74) is 3.15. The molecule has 13 heteroatoms. The highest BCUT2D eigenvalue weighted by atomic mass is 28.4. The van der Waals surface area contributed by atoms with Crippen LogP contribution in [0.5, 0.6) is 17.2 Å². The molecule has 1 fully saturated rings. The SMILES string of the molecule is COc1ccc2c(c1)[C@@]1(O[C@H](CCn3cc(CCO)nn3)[C@@H]([Si](C)(C)O)[C@@H]1C)C(=O)N2Cc1ccc(N2C(=O)c3ccccc3Oc3ccccc32)cc1. The molecule has 1 aromatic heterocycles. The number of ether oxygens (including phenoxy) is 3. The number of aromatic nitrogens is 3. The zero-order chi connectivity index (χ0) is 37.8. The third kappa shape index (κ3) is 5.97. The number of carbonyl (C=O) groups is 2. The van der Waals surface area contributed by atoms with E-state index in [0.717, 1.165) is 16.8 Å². The van der Waals surface area contributed by atoms with E-state index in [2.05, 4.69) is 10.3 Å². The molecule has 8 rings (SSSR count). The Kier molecular flexibility index (Phi) is 9.13. The summed E-state index contributed by atoms with van der Waals surface area (Å²) in [6, 6.07) is 27.9. The van der Waals surface area contributed by atoms with Gasteiger partial charge in [0.25, 0.3) is 11.8 Å². The molecule has 2 amide bonds. The van der Waals surface area contributed by atoms with Gasteiger partial charge in [-0.15, -0.1) is 5.10 Å². The van der Waals surface area contributed by atoms with Crippen LogP contribution in [-0.4, -0.2) is 64.8 Å². The number of fused-ring (bicyclic) bond motifs is 4. The summed E-state index contributed by atoms with van der Waals surface area (Å²) in [7, 11) is -1.29. The molecule has 1 saturated heterocycles. The summed E-state index contributed by atoms with van der Waals surface area (Å²) in [5, 5.41) is 17.7. The molecule has 0 aliphatic carbocycles. The fourth-order valence-corrected chi connectivity index (χ4v) is 11.1. The molecule has 4 heterocycles. The number of amides is 2. The smallest absolute Gasteiger partial charge is 0.266 e. The molecule has 3 aliphatic rings. The maximum atomic E-state index is 15.0. The Bertz CT molecular complexity index is 2220. The van der Waals surface area contributed by atoms with Gasteiger partial charge in [0.05, 0.1) is 42.4 Å². The fourth-order valence-electron chi connectivity index (χ4n) is 8.55. The number of hydrogen-bond acceptors (Lipinski definition) is 9. The number of methoxy groups -OCH3 is 1. The van der Waals surface area contributed by atoms with E-state index in [1.807, 2.05) is 105 Å². The van der Waals surface area contributed by atoms with Crippen LogP contribution in [0.3, 0.4) is 0 Å². The van der Waals surface area contributed by atoms with Gasteiger partial charge in [-0.2, -0.15) is 0 Å². The Balaban J connectivity index is 1.11. The second kappa shape index (κ2) is 13.8. The van der Waals surface area contributed by atoms with Crippen molar-refractivity contribution in [2.24, 2.45) is 5.92 Å². The van der Waals surface area contributed by atoms with Gasteiger partial charge in [-0.05, 0) is 79.7 Å². The first-order valence-electron chi connectivity index (χ1n) is 18.2. The first-order chi connectivity index (χ1) is 26.0. The average molecular weight is 746 g/mol. The molecule has 4 atom stereocenters. The van der Waals surface area contributed by atoms with Gasteiger partial charge in [-0.3, -0.25) is 19.2 Å². The van der Waals surface area contributed by atoms with Crippen LogP contribution in [0.2, 0.25) is 18.6 Å². The molecular weight excluding hydrogens is 703 g/mol. The van der Waals surface area contributed by atoms with Gasteiger partial charge in [0.15, 0.2) is 19.7 Å². The highest BCUT2D eigenvalue weighted by Gasteiger charge is 2.66. The van der Waals surface area contributed by atoms with Crippen molar-refractivity contribution < 1.29 is 33.7 Å². The van der Waals surface area contributed by atoms with E-state index >= 15 is 0 Å². The third-order valence-corrected chi connectivity index (χ3v) is 13.5. The maximum absolute atomic E-state index is 15.0. The van der Waals surface area contributed by atoms with Gasteiger partial charge in [0, 0.05) is 48.5 Å². The minimum atomic E-state index is -2.88. The monoisotopic (exact) mass is 745 g/mol. The van der Waals surface area contributed by atoms with Crippen molar-refractivity contribution in [1.82, 2.24) is 15.0 Å². The van der Waals surface area contributed by atoms with Crippen LogP contribution in [0.25, 0.3) is 0 Å². The molecule has 12 nitrogen and oxygen atoms in total. The largest absolute Gasteiger partial charge is 0.497 e. The Morgan fingerprint density at radius 2 is 1.69 bits per heavy atom. The van der Waals surface area contributed by atoms with Gasteiger partial charge < -0.3 is 29.0 Å². The number of rotatable bonds is 10. The molecule has 0 bridgehead atoms. The molecular formula is C41H43N5O7Si. The predicted octanol–water partition coefficient (Wildman–Crippen LogP) is 6.34.